The number of ketones is 2. The summed E-state index contributed by atoms with van der Waals surface area (Å²) in [6, 6.07) is 6.01. The molecule has 0 amide bonds. The summed E-state index contributed by atoms with van der Waals surface area (Å²) in [7, 11) is 0. The first kappa shape index (κ1) is 14.4. The van der Waals surface area contributed by atoms with E-state index in [0.29, 0.717) is 0 Å². The van der Waals surface area contributed by atoms with Crippen molar-refractivity contribution in [1.82, 2.24) is 0 Å². The first-order valence-corrected chi connectivity index (χ1v) is 8.95. The summed E-state index contributed by atoms with van der Waals surface area (Å²) in [5, 5.41) is 0. The molecule has 1 aromatic rings. The Morgan fingerprint density at radius 2 is 1.64 bits per heavy atom. The van der Waals surface area contributed by atoms with Crippen LogP contribution in [0.5, 0.6) is 0 Å². The zero-order valence-electron chi connectivity index (χ0n) is 12.6. The fourth-order valence-electron chi connectivity index (χ4n) is 4.76. The van der Waals surface area contributed by atoms with E-state index in [1.807, 2.05) is 18.2 Å². The molecule has 0 aromatic heterocycles. The van der Waals surface area contributed by atoms with Crippen LogP contribution < -0.4 is 0 Å². The van der Waals surface area contributed by atoms with Gasteiger partial charge in [-0.15, -0.1) is 0 Å². The van der Waals surface area contributed by atoms with Gasteiger partial charge in [-0.25, -0.2) is 0 Å². The lowest BCUT2D eigenvalue weighted by molar-refractivity contribution is -0.125. The molecule has 2 saturated carbocycles. The molecule has 0 aliphatic heterocycles. The highest BCUT2D eigenvalue weighted by molar-refractivity contribution is 9.10. The highest BCUT2D eigenvalue weighted by atomic mass is 79.9. The topological polar surface area (TPSA) is 34.1 Å². The van der Waals surface area contributed by atoms with Crippen molar-refractivity contribution in [2.75, 3.05) is 0 Å². The van der Waals surface area contributed by atoms with Crippen LogP contribution in [-0.2, 0) is 16.0 Å². The lowest BCUT2D eigenvalue weighted by Crippen LogP contribution is -2.38. The maximum absolute atomic E-state index is 13.0. The second kappa shape index (κ2) is 5.16. The number of Topliss-reactive ketones (excluding diaryl/α,β-unsaturated/α-hetero) is 2. The zero-order valence-corrected chi connectivity index (χ0v) is 14.2. The molecular weight excluding hydrogens is 340 g/mol. The first-order chi connectivity index (χ1) is 10.6. The van der Waals surface area contributed by atoms with E-state index in [2.05, 4.69) is 35.0 Å². The summed E-state index contributed by atoms with van der Waals surface area (Å²) in [4.78, 5) is 26.1. The molecule has 4 aliphatic rings. The number of aryl methyl sites for hydroxylation is 1. The van der Waals surface area contributed by atoms with Gasteiger partial charge in [0.25, 0.3) is 0 Å². The fraction of sp³-hybridized carbons (Fsp3) is 0.474. The van der Waals surface area contributed by atoms with E-state index in [-0.39, 0.29) is 35.2 Å². The molecule has 2 nitrogen and oxygen atoms in total. The molecule has 4 aliphatic carbocycles. The average Bonchev–Trinajstić information content (AvgIpc) is 2.82. The molecule has 114 valence electrons. The van der Waals surface area contributed by atoms with Gasteiger partial charge < -0.3 is 0 Å². The fourth-order valence-corrected chi connectivity index (χ4v) is 5.14. The molecule has 2 bridgehead atoms. The molecule has 0 saturated heterocycles. The summed E-state index contributed by atoms with van der Waals surface area (Å²) in [6.45, 7) is 2.08. The SMILES string of the molecule is CCc1ccc(Br)cc1C1C(=O)[C@H]2[C@H](C1=O)[C@@H]1C=C[C@@H]2CC1. The summed E-state index contributed by atoms with van der Waals surface area (Å²) in [5.74, 6) is 0.242. The third-order valence-corrected chi connectivity index (χ3v) is 6.27. The number of benzene rings is 1. The normalized spacial score (nSPS) is 33.5. The summed E-state index contributed by atoms with van der Waals surface area (Å²) in [6.07, 6.45) is 7.34. The Bertz CT molecular complexity index is 659. The highest BCUT2D eigenvalue weighted by Crippen LogP contribution is 2.53. The Labute approximate surface area is 139 Å². The van der Waals surface area contributed by atoms with Gasteiger partial charge in [-0.2, -0.15) is 0 Å². The van der Waals surface area contributed by atoms with Gasteiger partial charge in [-0.3, -0.25) is 9.59 Å². The van der Waals surface area contributed by atoms with Gasteiger partial charge >= 0.3 is 0 Å². The standard InChI is InChI=1S/C19H19BrO2/c1-2-10-7-8-13(20)9-14(10)17-18(21)15-11-3-4-12(6-5-11)16(15)19(17)22/h3-4,7-9,11-12,15-17H,2,5-6H2,1H3/t11-,12-,15-,16-/m1/s1. The van der Waals surface area contributed by atoms with E-state index in [4.69, 9.17) is 0 Å². The van der Waals surface area contributed by atoms with Crippen LogP contribution in [0.15, 0.2) is 34.8 Å². The van der Waals surface area contributed by atoms with E-state index in [1.165, 1.54) is 0 Å². The van der Waals surface area contributed by atoms with Crippen LogP contribution in [0.2, 0.25) is 0 Å². The number of carbonyl (C=O) groups is 2. The van der Waals surface area contributed by atoms with E-state index in [1.54, 1.807) is 0 Å². The average molecular weight is 359 g/mol. The predicted molar refractivity (Wildman–Crippen MR) is 88.6 cm³/mol. The first-order valence-electron chi connectivity index (χ1n) is 8.16. The zero-order chi connectivity index (χ0) is 15.4. The van der Waals surface area contributed by atoms with Crippen LogP contribution in [0.4, 0.5) is 0 Å². The van der Waals surface area contributed by atoms with Crippen molar-refractivity contribution < 1.29 is 9.59 Å². The molecule has 0 heterocycles. The van der Waals surface area contributed by atoms with E-state index < -0.39 is 5.92 Å². The lowest BCUT2D eigenvalue weighted by Gasteiger charge is -2.39. The van der Waals surface area contributed by atoms with Crippen molar-refractivity contribution in [3.63, 3.8) is 0 Å². The lowest BCUT2D eigenvalue weighted by atomic mass is 9.63. The Kier molecular flexibility index (Phi) is 3.37. The molecular formula is C19H19BrO2. The minimum Gasteiger partial charge on any atom is -0.298 e. The Hall–Kier alpha value is -1.22. The van der Waals surface area contributed by atoms with Gasteiger partial charge in [0.15, 0.2) is 11.6 Å². The van der Waals surface area contributed by atoms with Gasteiger partial charge in [0, 0.05) is 16.3 Å². The van der Waals surface area contributed by atoms with Gasteiger partial charge in [0.05, 0.1) is 0 Å². The monoisotopic (exact) mass is 358 g/mol. The van der Waals surface area contributed by atoms with Crippen molar-refractivity contribution in [1.29, 1.82) is 0 Å². The van der Waals surface area contributed by atoms with Crippen molar-refractivity contribution >= 4 is 27.5 Å². The molecule has 5 rings (SSSR count). The largest absolute Gasteiger partial charge is 0.298 e. The van der Waals surface area contributed by atoms with Crippen LogP contribution in [0.1, 0.15) is 36.8 Å². The van der Waals surface area contributed by atoms with Crippen LogP contribution >= 0.6 is 15.9 Å². The maximum Gasteiger partial charge on any atom is 0.152 e. The molecule has 0 spiro atoms. The van der Waals surface area contributed by atoms with Crippen molar-refractivity contribution in [2.45, 2.75) is 32.1 Å². The maximum atomic E-state index is 13.0. The number of halogens is 1. The minimum absolute atomic E-state index is 0.0649. The summed E-state index contributed by atoms with van der Waals surface area (Å²) >= 11 is 3.49. The molecule has 1 aromatic carbocycles. The van der Waals surface area contributed by atoms with Gasteiger partial charge in [-0.05, 0) is 54.4 Å². The van der Waals surface area contributed by atoms with Crippen LogP contribution in [0.25, 0.3) is 0 Å². The molecule has 0 N–H and O–H groups in total. The number of rotatable bonds is 2. The Balaban J connectivity index is 1.80. The van der Waals surface area contributed by atoms with Gasteiger partial charge in [0.1, 0.15) is 5.92 Å². The molecule has 2 fully saturated rings. The number of hydrogen-bond acceptors (Lipinski definition) is 2. The number of hydrogen-bond donors (Lipinski definition) is 0. The smallest absolute Gasteiger partial charge is 0.152 e. The van der Waals surface area contributed by atoms with Crippen molar-refractivity contribution in [3.05, 3.63) is 46.0 Å². The highest BCUT2D eigenvalue weighted by Gasteiger charge is 2.57. The second-order valence-corrected chi connectivity index (χ2v) is 7.69. The van der Waals surface area contributed by atoms with Gasteiger partial charge in [0.2, 0.25) is 0 Å². The Morgan fingerprint density at radius 3 is 2.14 bits per heavy atom. The van der Waals surface area contributed by atoms with Crippen LogP contribution in [0.3, 0.4) is 0 Å². The molecule has 3 heteroatoms. The third-order valence-electron chi connectivity index (χ3n) is 5.77. The number of fused-ring (bicyclic) bond motifs is 1. The number of carbonyl (C=O) groups excluding carboxylic acids is 2. The number of allylic oxidation sites excluding steroid dienone is 2. The summed E-state index contributed by atoms with van der Waals surface area (Å²) < 4.78 is 0.941. The summed E-state index contributed by atoms with van der Waals surface area (Å²) in [5.41, 5.74) is 2.05. The third kappa shape index (κ3) is 1.91. The Morgan fingerprint density at radius 1 is 1.05 bits per heavy atom. The van der Waals surface area contributed by atoms with E-state index in [9.17, 15) is 9.59 Å². The molecule has 4 atom stereocenters. The van der Waals surface area contributed by atoms with Crippen LogP contribution in [0, 0.1) is 23.7 Å². The molecule has 0 unspecified atom stereocenters. The van der Waals surface area contributed by atoms with Crippen molar-refractivity contribution in [3.8, 4) is 0 Å². The quantitative estimate of drug-likeness (QED) is 0.589. The molecule has 22 heavy (non-hydrogen) atoms. The minimum atomic E-state index is -0.537. The predicted octanol–water partition coefficient (Wildman–Crippen LogP) is 4.08. The molecule has 0 radical (unpaired) electrons. The van der Waals surface area contributed by atoms with Crippen molar-refractivity contribution in [2.24, 2.45) is 23.7 Å². The van der Waals surface area contributed by atoms with Gasteiger partial charge in [-0.1, -0.05) is 41.1 Å². The van der Waals surface area contributed by atoms with E-state index >= 15 is 0 Å². The van der Waals surface area contributed by atoms with E-state index in [0.717, 1.165) is 34.9 Å². The van der Waals surface area contributed by atoms with Crippen LogP contribution in [-0.4, -0.2) is 11.6 Å². The second-order valence-electron chi connectivity index (χ2n) is 6.78.